The number of carbonyl (C=O) groups is 1. The molecule has 1 aliphatic heterocycles. The van der Waals surface area contributed by atoms with Crippen molar-refractivity contribution in [3.8, 4) is 15.6 Å². The Hall–Kier alpha value is -3.49. The Morgan fingerprint density at radius 1 is 0.941 bits per heavy atom. The second-order valence-electron chi connectivity index (χ2n) is 7.84. The third-order valence-corrected chi connectivity index (χ3v) is 7.75. The molecular weight excluding hydrogens is 464 g/mol. The van der Waals surface area contributed by atoms with Crippen LogP contribution >= 0.6 is 22.7 Å². The van der Waals surface area contributed by atoms with Gasteiger partial charge in [0.25, 0.3) is 5.91 Å². The van der Waals surface area contributed by atoms with Crippen molar-refractivity contribution in [1.29, 1.82) is 0 Å². The van der Waals surface area contributed by atoms with Gasteiger partial charge in [-0.05, 0) is 40.8 Å². The minimum Gasteiger partial charge on any atom is -0.497 e. The Labute approximate surface area is 206 Å². The van der Waals surface area contributed by atoms with E-state index >= 15 is 0 Å². The summed E-state index contributed by atoms with van der Waals surface area (Å²) in [6.07, 6.45) is 1.96. The molecule has 0 saturated carbocycles. The van der Waals surface area contributed by atoms with Gasteiger partial charge in [-0.1, -0.05) is 59.9 Å². The van der Waals surface area contributed by atoms with Crippen molar-refractivity contribution in [3.63, 3.8) is 0 Å². The lowest BCUT2D eigenvalue weighted by Gasteiger charge is -2.34. The molecule has 1 amide bonds. The minimum atomic E-state index is 0.0400. The van der Waals surface area contributed by atoms with Gasteiger partial charge in [0.15, 0.2) is 5.01 Å². The van der Waals surface area contributed by atoms with Gasteiger partial charge in [-0.3, -0.25) is 4.79 Å². The van der Waals surface area contributed by atoms with E-state index in [2.05, 4.69) is 21.2 Å². The summed E-state index contributed by atoms with van der Waals surface area (Å²) in [5.74, 6) is 0.831. The fourth-order valence-corrected chi connectivity index (χ4v) is 5.56. The van der Waals surface area contributed by atoms with E-state index in [0.29, 0.717) is 18.7 Å². The van der Waals surface area contributed by atoms with E-state index in [0.717, 1.165) is 45.0 Å². The van der Waals surface area contributed by atoms with E-state index < -0.39 is 0 Å². The van der Waals surface area contributed by atoms with Gasteiger partial charge in [-0.2, -0.15) is 0 Å². The predicted octanol–water partition coefficient (Wildman–Crippen LogP) is 5.16. The van der Waals surface area contributed by atoms with Crippen LogP contribution in [0.5, 0.6) is 5.75 Å². The molecule has 0 radical (unpaired) electrons. The molecule has 6 nitrogen and oxygen atoms in total. The van der Waals surface area contributed by atoms with Gasteiger partial charge >= 0.3 is 0 Å². The number of piperazine rings is 1. The van der Waals surface area contributed by atoms with Crippen LogP contribution in [0.4, 0.5) is 5.13 Å². The zero-order valence-electron chi connectivity index (χ0n) is 18.8. The van der Waals surface area contributed by atoms with Gasteiger partial charge in [0, 0.05) is 31.8 Å². The Bertz CT molecular complexity index is 1260. The molecule has 172 valence electrons. The van der Waals surface area contributed by atoms with Gasteiger partial charge in [0.2, 0.25) is 5.13 Å². The standard InChI is InChI=1S/C26H24N4O2S2/c1-32-21-11-9-19(10-12-21)18-22(20-6-3-2-4-7-20)25(31)29-13-15-30(16-14-29)26-28-27-24(34-26)23-8-5-17-33-23/h2-12,17-18H,13-16H2,1H3/b22-18+. The average molecular weight is 489 g/mol. The molecule has 0 bridgehead atoms. The van der Waals surface area contributed by atoms with Crippen LogP contribution in [0.3, 0.4) is 0 Å². The number of anilines is 1. The van der Waals surface area contributed by atoms with E-state index in [1.165, 1.54) is 0 Å². The van der Waals surface area contributed by atoms with Crippen molar-refractivity contribution in [2.75, 3.05) is 38.2 Å². The van der Waals surface area contributed by atoms with Gasteiger partial charge in [-0.15, -0.1) is 21.5 Å². The fourth-order valence-electron chi connectivity index (χ4n) is 3.87. The van der Waals surface area contributed by atoms with Crippen LogP contribution in [0.15, 0.2) is 72.1 Å². The first kappa shape index (κ1) is 22.3. The number of rotatable bonds is 6. The number of methoxy groups -OCH3 is 1. The maximum atomic E-state index is 13.6. The summed E-state index contributed by atoms with van der Waals surface area (Å²) in [4.78, 5) is 18.9. The Balaban J connectivity index is 1.32. The number of amides is 1. The molecule has 4 aromatic rings. The Morgan fingerprint density at radius 2 is 1.71 bits per heavy atom. The van der Waals surface area contributed by atoms with Crippen LogP contribution in [0.25, 0.3) is 21.5 Å². The molecule has 1 aliphatic rings. The number of thiophene rings is 1. The van der Waals surface area contributed by atoms with Crippen LogP contribution in [0.2, 0.25) is 0 Å². The summed E-state index contributed by atoms with van der Waals surface area (Å²) in [6, 6.07) is 21.7. The SMILES string of the molecule is COc1ccc(/C=C(/C(=O)N2CCN(c3nnc(-c4cccs4)s3)CC2)c2ccccc2)cc1. The van der Waals surface area contributed by atoms with Gasteiger partial charge < -0.3 is 14.5 Å². The van der Waals surface area contributed by atoms with Gasteiger partial charge in [0.1, 0.15) is 5.75 Å². The van der Waals surface area contributed by atoms with E-state index in [1.54, 1.807) is 29.8 Å². The molecule has 2 aromatic carbocycles. The molecule has 0 unspecified atom stereocenters. The molecule has 5 rings (SSSR count). The highest BCUT2D eigenvalue weighted by atomic mass is 32.1. The lowest BCUT2D eigenvalue weighted by Crippen LogP contribution is -2.49. The topological polar surface area (TPSA) is 58.6 Å². The van der Waals surface area contributed by atoms with Crippen LogP contribution in [-0.4, -0.2) is 54.3 Å². The Morgan fingerprint density at radius 3 is 2.38 bits per heavy atom. The van der Waals surface area contributed by atoms with Crippen molar-refractivity contribution >= 4 is 45.4 Å². The third kappa shape index (κ3) is 4.88. The summed E-state index contributed by atoms with van der Waals surface area (Å²) in [7, 11) is 1.65. The molecule has 0 atom stereocenters. The summed E-state index contributed by atoms with van der Waals surface area (Å²) >= 11 is 3.27. The zero-order valence-corrected chi connectivity index (χ0v) is 20.4. The number of hydrogen-bond donors (Lipinski definition) is 0. The largest absolute Gasteiger partial charge is 0.497 e. The zero-order chi connectivity index (χ0) is 23.3. The number of carbonyl (C=O) groups excluding carboxylic acids is 1. The fraction of sp³-hybridized carbons (Fsp3) is 0.192. The quantitative estimate of drug-likeness (QED) is 0.277. The second kappa shape index (κ2) is 10.2. The van der Waals surface area contributed by atoms with Crippen molar-refractivity contribution in [2.45, 2.75) is 0 Å². The molecule has 1 fully saturated rings. The maximum Gasteiger partial charge on any atom is 0.254 e. The first-order valence-corrected chi connectivity index (χ1v) is 12.7. The maximum absolute atomic E-state index is 13.6. The van der Waals surface area contributed by atoms with Crippen molar-refractivity contribution in [2.24, 2.45) is 0 Å². The summed E-state index contributed by atoms with van der Waals surface area (Å²) in [5, 5.41) is 12.6. The van der Waals surface area contributed by atoms with Crippen molar-refractivity contribution < 1.29 is 9.53 Å². The smallest absolute Gasteiger partial charge is 0.254 e. The predicted molar refractivity (Wildman–Crippen MR) is 139 cm³/mol. The number of nitrogens with zero attached hydrogens (tertiary/aromatic N) is 4. The van der Waals surface area contributed by atoms with Crippen LogP contribution < -0.4 is 9.64 Å². The third-order valence-electron chi connectivity index (χ3n) is 5.73. The van der Waals surface area contributed by atoms with E-state index in [9.17, 15) is 4.79 Å². The highest BCUT2D eigenvalue weighted by Crippen LogP contribution is 2.32. The molecule has 8 heteroatoms. The number of hydrogen-bond acceptors (Lipinski definition) is 7. The molecule has 2 aromatic heterocycles. The van der Waals surface area contributed by atoms with E-state index in [-0.39, 0.29) is 5.91 Å². The highest BCUT2D eigenvalue weighted by Gasteiger charge is 2.26. The molecular formula is C26H24N4O2S2. The number of ether oxygens (including phenoxy) is 1. The molecule has 0 spiro atoms. The summed E-state index contributed by atoms with van der Waals surface area (Å²) in [5.41, 5.74) is 2.56. The van der Waals surface area contributed by atoms with Crippen molar-refractivity contribution in [3.05, 3.63) is 83.2 Å². The van der Waals surface area contributed by atoms with Gasteiger partial charge in [-0.25, -0.2) is 0 Å². The monoisotopic (exact) mass is 488 g/mol. The first-order chi connectivity index (χ1) is 16.7. The van der Waals surface area contributed by atoms with Crippen LogP contribution in [0, 0.1) is 0 Å². The van der Waals surface area contributed by atoms with E-state index in [4.69, 9.17) is 4.74 Å². The second-order valence-corrected chi connectivity index (χ2v) is 9.75. The molecule has 1 saturated heterocycles. The van der Waals surface area contributed by atoms with Crippen molar-refractivity contribution in [1.82, 2.24) is 15.1 Å². The van der Waals surface area contributed by atoms with Gasteiger partial charge in [0.05, 0.1) is 12.0 Å². The lowest BCUT2D eigenvalue weighted by atomic mass is 10.0. The normalized spacial score (nSPS) is 14.3. The molecule has 0 aliphatic carbocycles. The van der Waals surface area contributed by atoms with Crippen LogP contribution in [-0.2, 0) is 4.79 Å². The molecule has 34 heavy (non-hydrogen) atoms. The number of aromatic nitrogens is 2. The first-order valence-electron chi connectivity index (χ1n) is 11.0. The number of benzene rings is 2. The summed E-state index contributed by atoms with van der Waals surface area (Å²) < 4.78 is 5.26. The van der Waals surface area contributed by atoms with Crippen LogP contribution in [0.1, 0.15) is 11.1 Å². The Kier molecular flexibility index (Phi) is 6.69. The molecule has 0 N–H and O–H groups in total. The highest BCUT2D eigenvalue weighted by molar-refractivity contribution is 7.22. The average Bonchev–Trinajstić information content (AvgIpc) is 3.60. The minimum absolute atomic E-state index is 0.0400. The van der Waals surface area contributed by atoms with E-state index in [1.807, 2.05) is 77.0 Å². The summed E-state index contributed by atoms with van der Waals surface area (Å²) in [6.45, 7) is 2.74. The molecule has 3 heterocycles. The lowest BCUT2D eigenvalue weighted by molar-refractivity contribution is -0.125.